The Morgan fingerprint density at radius 1 is 1.00 bits per heavy atom. The average Bonchev–Trinajstić information content (AvgIpc) is 2.47. The summed E-state index contributed by atoms with van der Waals surface area (Å²) in [4.78, 5) is 0. The second-order valence-corrected chi connectivity index (χ2v) is 7.88. The largest absolute Gasteiger partial charge is 0.316 e. The fraction of sp³-hybridized carbons (Fsp3) is 0.700. The molecule has 0 atom stereocenters. The van der Waals surface area contributed by atoms with Crippen molar-refractivity contribution in [3.63, 3.8) is 0 Å². The second kappa shape index (κ2) is 7.98. The van der Waals surface area contributed by atoms with Crippen molar-refractivity contribution in [3.8, 4) is 0 Å². The number of benzene rings is 1. The van der Waals surface area contributed by atoms with Crippen LogP contribution in [0.2, 0.25) is 0 Å². The van der Waals surface area contributed by atoms with E-state index in [0.717, 1.165) is 18.4 Å². The first-order valence-corrected chi connectivity index (χ1v) is 8.80. The Morgan fingerprint density at radius 2 is 1.67 bits per heavy atom. The van der Waals surface area contributed by atoms with Gasteiger partial charge in [0, 0.05) is 0 Å². The smallest absolute Gasteiger partial charge is 0.00205 e. The SMILES string of the molecule is CC(C)(C)C1CCC(CNCCCc2ccccc2)CC1. The van der Waals surface area contributed by atoms with Crippen molar-refractivity contribution in [1.29, 1.82) is 0 Å². The van der Waals surface area contributed by atoms with Crippen molar-refractivity contribution in [2.45, 2.75) is 59.3 Å². The minimum atomic E-state index is 0.508. The normalized spacial score (nSPS) is 23.2. The standard InChI is InChI=1S/C20H33N/c1-20(2,3)19-13-11-18(12-14-19)16-21-15-7-10-17-8-5-4-6-9-17/h4-6,8-9,18-19,21H,7,10-16H2,1-3H3. The molecule has 0 radical (unpaired) electrons. The van der Waals surface area contributed by atoms with Crippen molar-refractivity contribution >= 4 is 0 Å². The summed E-state index contributed by atoms with van der Waals surface area (Å²) in [6.45, 7) is 9.60. The molecule has 1 aromatic carbocycles. The van der Waals surface area contributed by atoms with Gasteiger partial charge in [-0.1, -0.05) is 51.1 Å². The molecule has 1 saturated carbocycles. The Labute approximate surface area is 131 Å². The second-order valence-electron chi connectivity index (χ2n) is 7.88. The van der Waals surface area contributed by atoms with Crippen LogP contribution in [-0.2, 0) is 6.42 Å². The maximum absolute atomic E-state index is 3.68. The van der Waals surface area contributed by atoms with E-state index in [0.29, 0.717) is 5.41 Å². The highest BCUT2D eigenvalue weighted by Gasteiger charge is 2.29. The highest BCUT2D eigenvalue weighted by Crippen LogP contribution is 2.39. The van der Waals surface area contributed by atoms with Crippen LogP contribution in [0.1, 0.15) is 58.4 Å². The average molecular weight is 287 g/mol. The molecule has 0 aliphatic heterocycles. The first kappa shape index (κ1) is 16.5. The van der Waals surface area contributed by atoms with E-state index in [-0.39, 0.29) is 0 Å². The van der Waals surface area contributed by atoms with Crippen LogP contribution < -0.4 is 5.32 Å². The maximum Gasteiger partial charge on any atom is -0.00205 e. The fourth-order valence-electron chi connectivity index (χ4n) is 3.60. The molecule has 1 aliphatic carbocycles. The van der Waals surface area contributed by atoms with Crippen LogP contribution in [0.15, 0.2) is 30.3 Å². The summed E-state index contributed by atoms with van der Waals surface area (Å²) in [5, 5.41) is 3.68. The molecular weight excluding hydrogens is 254 g/mol. The van der Waals surface area contributed by atoms with E-state index >= 15 is 0 Å². The molecule has 0 spiro atoms. The minimum Gasteiger partial charge on any atom is -0.316 e. The molecule has 1 N–H and O–H groups in total. The highest BCUT2D eigenvalue weighted by molar-refractivity contribution is 5.14. The molecular formula is C20H33N. The predicted octanol–water partition coefficient (Wildman–Crippen LogP) is 5.06. The molecule has 0 heterocycles. The molecule has 0 unspecified atom stereocenters. The van der Waals surface area contributed by atoms with E-state index in [1.54, 1.807) is 0 Å². The maximum atomic E-state index is 3.68. The molecule has 0 saturated heterocycles. The van der Waals surface area contributed by atoms with Gasteiger partial charge in [0.1, 0.15) is 0 Å². The first-order valence-electron chi connectivity index (χ1n) is 8.80. The Bertz CT molecular complexity index is 382. The number of aryl methyl sites for hydroxylation is 1. The Hall–Kier alpha value is -0.820. The van der Waals surface area contributed by atoms with Gasteiger partial charge in [-0.2, -0.15) is 0 Å². The number of rotatable bonds is 6. The van der Waals surface area contributed by atoms with E-state index in [2.05, 4.69) is 56.4 Å². The van der Waals surface area contributed by atoms with Crippen molar-refractivity contribution in [2.24, 2.45) is 17.3 Å². The lowest BCUT2D eigenvalue weighted by atomic mass is 9.70. The lowest BCUT2D eigenvalue weighted by molar-refractivity contribution is 0.149. The summed E-state index contributed by atoms with van der Waals surface area (Å²) >= 11 is 0. The van der Waals surface area contributed by atoms with Gasteiger partial charge in [0.05, 0.1) is 0 Å². The third-order valence-electron chi connectivity index (χ3n) is 5.17. The van der Waals surface area contributed by atoms with E-state index in [1.807, 2.05) is 0 Å². The summed E-state index contributed by atoms with van der Waals surface area (Å²) in [5.41, 5.74) is 1.97. The molecule has 0 aromatic heterocycles. The van der Waals surface area contributed by atoms with Gasteiger partial charge in [0.15, 0.2) is 0 Å². The number of hydrogen-bond donors (Lipinski definition) is 1. The Balaban J connectivity index is 1.54. The summed E-state index contributed by atoms with van der Waals surface area (Å²) in [7, 11) is 0. The summed E-state index contributed by atoms with van der Waals surface area (Å²) in [6.07, 6.45) is 8.16. The zero-order valence-corrected chi connectivity index (χ0v) is 14.2. The third kappa shape index (κ3) is 5.82. The molecule has 0 bridgehead atoms. The number of nitrogens with one attached hydrogen (secondary N) is 1. The van der Waals surface area contributed by atoms with Gasteiger partial charge in [-0.05, 0) is 74.4 Å². The van der Waals surface area contributed by atoms with Crippen LogP contribution in [0, 0.1) is 17.3 Å². The Morgan fingerprint density at radius 3 is 2.29 bits per heavy atom. The van der Waals surface area contributed by atoms with Gasteiger partial charge in [0.25, 0.3) is 0 Å². The van der Waals surface area contributed by atoms with Crippen molar-refractivity contribution < 1.29 is 0 Å². The zero-order chi connectivity index (χ0) is 15.1. The van der Waals surface area contributed by atoms with E-state index < -0.39 is 0 Å². The molecule has 1 aliphatic rings. The molecule has 1 heteroatoms. The lowest BCUT2D eigenvalue weighted by Crippen LogP contribution is -2.31. The van der Waals surface area contributed by atoms with E-state index in [4.69, 9.17) is 0 Å². The topological polar surface area (TPSA) is 12.0 Å². The van der Waals surface area contributed by atoms with Gasteiger partial charge in [-0.3, -0.25) is 0 Å². The highest BCUT2D eigenvalue weighted by atomic mass is 14.9. The lowest BCUT2D eigenvalue weighted by Gasteiger charge is -2.37. The van der Waals surface area contributed by atoms with Crippen LogP contribution in [0.25, 0.3) is 0 Å². The van der Waals surface area contributed by atoms with Crippen LogP contribution in [0.3, 0.4) is 0 Å². The predicted molar refractivity (Wildman–Crippen MR) is 92.5 cm³/mol. The van der Waals surface area contributed by atoms with Crippen molar-refractivity contribution in [3.05, 3.63) is 35.9 Å². The monoisotopic (exact) mass is 287 g/mol. The van der Waals surface area contributed by atoms with Gasteiger partial charge in [-0.25, -0.2) is 0 Å². The molecule has 1 nitrogen and oxygen atoms in total. The fourth-order valence-corrected chi connectivity index (χ4v) is 3.60. The van der Waals surface area contributed by atoms with Gasteiger partial charge >= 0.3 is 0 Å². The van der Waals surface area contributed by atoms with Crippen molar-refractivity contribution in [2.75, 3.05) is 13.1 Å². The quantitative estimate of drug-likeness (QED) is 0.721. The number of hydrogen-bond acceptors (Lipinski definition) is 1. The molecule has 118 valence electrons. The van der Waals surface area contributed by atoms with Gasteiger partial charge in [-0.15, -0.1) is 0 Å². The molecule has 2 rings (SSSR count). The summed E-state index contributed by atoms with van der Waals surface area (Å²) in [5.74, 6) is 1.85. The van der Waals surface area contributed by atoms with E-state index in [9.17, 15) is 0 Å². The summed E-state index contributed by atoms with van der Waals surface area (Å²) in [6, 6.07) is 10.8. The first-order chi connectivity index (χ1) is 10.1. The van der Waals surface area contributed by atoms with Crippen LogP contribution in [0.5, 0.6) is 0 Å². The minimum absolute atomic E-state index is 0.508. The molecule has 21 heavy (non-hydrogen) atoms. The molecule has 1 aromatic rings. The van der Waals surface area contributed by atoms with Crippen LogP contribution in [-0.4, -0.2) is 13.1 Å². The van der Waals surface area contributed by atoms with Crippen LogP contribution >= 0.6 is 0 Å². The molecule has 0 amide bonds. The summed E-state index contributed by atoms with van der Waals surface area (Å²) < 4.78 is 0. The Kier molecular flexibility index (Phi) is 6.29. The third-order valence-corrected chi connectivity index (χ3v) is 5.17. The van der Waals surface area contributed by atoms with Crippen molar-refractivity contribution in [1.82, 2.24) is 5.32 Å². The van der Waals surface area contributed by atoms with E-state index in [1.165, 1.54) is 50.6 Å². The zero-order valence-electron chi connectivity index (χ0n) is 14.2. The van der Waals surface area contributed by atoms with Crippen LogP contribution in [0.4, 0.5) is 0 Å². The van der Waals surface area contributed by atoms with Gasteiger partial charge < -0.3 is 5.32 Å². The van der Waals surface area contributed by atoms with Gasteiger partial charge in [0.2, 0.25) is 0 Å². The molecule has 1 fully saturated rings.